The Labute approximate surface area is 103 Å². The van der Waals surface area contributed by atoms with Crippen LogP contribution in [-0.2, 0) is 6.54 Å². The Morgan fingerprint density at radius 2 is 2.00 bits per heavy atom. The molecule has 0 bridgehead atoms. The Hall–Kier alpha value is -1.00. The van der Waals surface area contributed by atoms with Crippen molar-refractivity contribution in [1.29, 1.82) is 0 Å². The van der Waals surface area contributed by atoms with Crippen molar-refractivity contribution < 1.29 is 0 Å². The predicted molar refractivity (Wildman–Crippen MR) is 68.6 cm³/mol. The van der Waals surface area contributed by atoms with E-state index in [0.29, 0.717) is 0 Å². The molecule has 0 amide bonds. The molecule has 0 aliphatic carbocycles. The third kappa shape index (κ3) is 4.79. The average molecular weight is 234 g/mol. The highest BCUT2D eigenvalue weighted by Crippen LogP contribution is 2.08. The molecule has 1 aromatic rings. The van der Waals surface area contributed by atoms with Crippen LogP contribution < -0.4 is 5.32 Å². The summed E-state index contributed by atoms with van der Waals surface area (Å²) in [5.41, 5.74) is 1.07. The van der Waals surface area contributed by atoms with Crippen LogP contribution in [0.3, 0.4) is 0 Å². The molecule has 0 radical (unpaired) electrons. The molecule has 0 atom stereocenters. The summed E-state index contributed by atoms with van der Waals surface area (Å²) in [5, 5.41) is 3.44. The first-order valence-corrected chi connectivity index (χ1v) is 6.63. The van der Waals surface area contributed by atoms with Crippen molar-refractivity contribution >= 4 is 0 Å². The Bertz CT molecular complexity index is 294. The summed E-state index contributed by atoms with van der Waals surface area (Å²) in [6.07, 6.45) is 8.94. The highest BCUT2D eigenvalue weighted by Gasteiger charge is 2.07. The van der Waals surface area contributed by atoms with Crippen LogP contribution in [-0.4, -0.2) is 41.0 Å². The van der Waals surface area contributed by atoms with Crippen molar-refractivity contribution in [1.82, 2.24) is 20.2 Å². The Morgan fingerprint density at radius 1 is 1.18 bits per heavy atom. The second kappa shape index (κ2) is 7.35. The van der Waals surface area contributed by atoms with Gasteiger partial charge in [0.05, 0.1) is 5.69 Å². The molecule has 1 N–H and O–H groups in total. The van der Waals surface area contributed by atoms with Crippen LogP contribution in [0.15, 0.2) is 18.6 Å². The first kappa shape index (κ1) is 12.5. The third-order valence-corrected chi connectivity index (χ3v) is 3.25. The molecule has 94 valence electrons. The summed E-state index contributed by atoms with van der Waals surface area (Å²) in [4.78, 5) is 10.7. The number of rotatable bonds is 5. The molecule has 1 saturated heterocycles. The minimum atomic E-state index is 0.844. The van der Waals surface area contributed by atoms with Gasteiger partial charge in [0.15, 0.2) is 0 Å². The normalized spacial score (nSPS) is 17.9. The molecule has 0 aromatic carbocycles. The number of nitrogens with zero attached hydrogens (tertiary/aromatic N) is 3. The summed E-state index contributed by atoms with van der Waals surface area (Å²) in [6, 6.07) is 1.96. The van der Waals surface area contributed by atoms with Gasteiger partial charge in [-0.25, -0.2) is 9.97 Å². The molecule has 0 spiro atoms. The zero-order chi connectivity index (χ0) is 11.8. The van der Waals surface area contributed by atoms with Gasteiger partial charge in [0, 0.05) is 25.8 Å². The second-order valence-corrected chi connectivity index (χ2v) is 4.63. The maximum Gasteiger partial charge on any atom is 0.115 e. The fourth-order valence-electron chi connectivity index (χ4n) is 2.24. The molecule has 1 aliphatic rings. The minimum absolute atomic E-state index is 0.844. The van der Waals surface area contributed by atoms with E-state index in [1.54, 1.807) is 12.5 Å². The van der Waals surface area contributed by atoms with Crippen LogP contribution in [0.5, 0.6) is 0 Å². The average Bonchev–Trinajstić information content (AvgIpc) is 2.65. The van der Waals surface area contributed by atoms with Gasteiger partial charge in [-0.2, -0.15) is 0 Å². The molecule has 4 heteroatoms. The number of likely N-dealkylation sites (tertiary alicyclic amines) is 1. The van der Waals surface area contributed by atoms with Crippen molar-refractivity contribution in [3.8, 4) is 0 Å². The van der Waals surface area contributed by atoms with Crippen LogP contribution in [0.4, 0.5) is 0 Å². The van der Waals surface area contributed by atoms with Gasteiger partial charge < -0.3 is 10.2 Å². The number of hydrogen-bond acceptors (Lipinski definition) is 4. The molecule has 1 aromatic heterocycles. The molecule has 2 heterocycles. The van der Waals surface area contributed by atoms with Gasteiger partial charge in [-0.05, 0) is 32.0 Å². The highest BCUT2D eigenvalue weighted by atomic mass is 15.1. The zero-order valence-electron chi connectivity index (χ0n) is 10.4. The standard InChI is InChI=1S/C13H22N4/c1-2-4-9-17(8-3-1)10-7-14-11-13-5-6-15-12-16-13/h5-6,12,14H,1-4,7-11H2. The minimum Gasteiger partial charge on any atom is -0.310 e. The van der Waals surface area contributed by atoms with E-state index in [4.69, 9.17) is 0 Å². The fraction of sp³-hybridized carbons (Fsp3) is 0.692. The zero-order valence-corrected chi connectivity index (χ0v) is 10.4. The Balaban J connectivity index is 1.59. The van der Waals surface area contributed by atoms with Crippen molar-refractivity contribution in [2.24, 2.45) is 0 Å². The molecular weight excluding hydrogens is 212 g/mol. The van der Waals surface area contributed by atoms with Gasteiger partial charge in [-0.3, -0.25) is 0 Å². The number of aromatic nitrogens is 2. The van der Waals surface area contributed by atoms with Crippen molar-refractivity contribution in [2.45, 2.75) is 32.2 Å². The van der Waals surface area contributed by atoms with Crippen LogP contribution in [0, 0.1) is 0 Å². The lowest BCUT2D eigenvalue weighted by Crippen LogP contribution is -2.32. The number of hydrogen-bond donors (Lipinski definition) is 1. The van der Waals surface area contributed by atoms with E-state index in [1.807, 2.05) is 6.07 Å². The van der Waals surface area contributed by atoms with E-state index >= 15 is 0 Å². The largest absolute Gasteiger partial charge is 0.310 e. The summed E-state index contributed by atoms with van der Waals surface area (Å²) < 4.78 is 0. The number of nitrogens with one attached hydrogen (secondary N) is 1. The van der Waals surface area contributed by atoms with E-state index in [-0.39, 0.29) is 0 Å². The van der Waals surface area contributed by atoms with Crippen LogP contribution in [0.1, 0.15) is 31.4 Å². The SMILES string of the molecule is c1cc(CNCCN2CCCCCC2)ncn1. The second-order valence-electron chi connectivity index (χ2n) is 4.63. The first-order valence-electron chi connectivity index (χ1n) is 6.63. The smallest absolute Gasteiger partial charge is 0.115 e. The van der Waals surface area contributed by atoms with E-state index in [9.17, 15) is 0 Å². The monoisotopic (exact) mass is 234 g/mol. The van der Waals surface area contributed by atoms with Crippen molar-refractivity contribution in [2.75, 3.05) is 26.2 Å². The first-order chi connectivity index (χ1) is 8.45. The van der Waals surface area contributed by atoms with Gasteiger partial charge in [0.25, 0.3) is 0 Å². The fourth-order valence-corrected chi connectivity index (χ4v) is 2.24. The molecular formula is C13H22N4. The van der Waals surface area contributed by atoms with Gasteiger partial charge >= 0.3 is 0 Å². The van der Waals surface area contributed by atoms with E-state index in [2.05, 4.69) is 20.2 Å². The Kier molecular flexibility index (Phi) is 5.39. The lowest BCUT2D eigenvalue weighted by Gasteiger charge is -2.19. The van der Waals surface area contributed by atoms with Crippen LogP contribution in [0.25, 0.3) is 0 Å². The topological polar surface area (TPSA) is 41.0 Å². The van der Waals surface area contributed by atoms with Gasteiger partial charge in [0.1, 0.15) is 6.33 Å². The third-order valence-electron chi connectivity index (χ3n) is 3.25. The van der Waals surface area contributed by atoms with E-state index in [0.717, 1.165) is 25.3 Å². The van der Waals surface area contributed by atoms with Gasteiger partial charge in [-0.15, -0.1) is 0 Å². The molecule has 0 unspecified atom stereocenters. The van der Waals surface area contributed by atoms with Gasteiger partial charge in [0.2, 0.25) is 0 Å². The maximum atomic E-state index is 4.19. The lowest BCUT2D eigenvalue weighted by molar-refractivity contribution is 0.284. The maximum absolute atomic E-state index is 4.19. The van der Waals surface area contributed by atoms with Gasteiger partial charge in [-0.1, -0.05) is 12.8 Å². The highest BCUT2D eigenvalue weighted by molar-refractivity contribution is 4.96. The molecule has 1 fully saturated rings. The molecule has 1 aliphatic heterocycles. The quantitative estimate of drug-likeness (QED) is 0.783. The summed E-state index contributed by atoms with van der Waals surface area (Å²) in [7, 11) is 0. The summed E-state index contributed by atoms with van der Waals surface area (Å²) in [5.74, 6) is 0. The molecule has 4 nitrogen and oxygen atoms in total. The van der Waals surface area contributed by atoms with E-state index < -0.39 is 0 Å². The Morgan fingerprint density at radius 3 is 2.71 bits per heavy atom. The molecule has 17 heavy (non-hydrogen) atoms. The summed E-state index contributed by atoms with van der Waals surface area (Å²) in [6.45, 7) is 5.59. The van der Waals surface area contributed by atoms with Crippen LogP contribution in [0.2, 0.25) is 0 Å². The molecule has 2 rings (SSSR count). The van der Waals surface area contributed by atoms with Crippen molar-refractivity contribution in [3.63, 3.8) is 0 Å². The van der Waals surface area contributed by atoms with E-state index in [1.165, 1.54) is 38.8 Å². The predicted octanol–water partition coefficient (Wildman–Crippen LogP) is 1.44. The lowest BCUT2D eigenvalue weighted by atomic mass is 10.2. The van der Waals surface area contributed by atoms with Crippen LogP contribution >= 0.6 is 0 Å². The van der Waals surface area contributed by atoms with Crippen molar-refractivity contribution in [3.05, 3.63) is 24.3 Å². The molecule has 0 saturated carbocycles. The summed E-state index contributed by atoms with van der Waals surface area (Å²) >= 11 is 0.